The number of amides is 1. The number of carbonyl (C=O) groups is 1. The van der Waals surface area contributed by atoms with Crippen LogP contribution in [0.4, 0.5) is 0 Å². The molecule has 0 spiro atoms. The molecule has 0 radical (unpaired) electrons. The molecule has 0 unspecified atom stereocenters. The Labute approximate surface area is 83.8 Å². The van der Waals surface area contributed by atoms with Gasteiger partial charge in [-0.15, -0.1) is 0 Å². The summed E-state index contributed by atoms with van der Waals surface area (Å²) in [6, 6.07) is 9.27. The number of nitrogens with one attached hydrogen (secondary N) is 1. The first-order valence-electron chi connectivity index (χ1n) is 4.55. The molecule has 1 aromatic carbocycles. The molecule has 0 aliphatic rings. The lowest BCUT2D eigenvalue weighted by Gasteiger charge is -2.23. The summed E-state index contributed by atoms with van der Waals surface area (Å²) in [4.78, 5) is 10.7. The van der Waals surface area contributed by atoms with Gasteiger partial charge in [0.2, 0.25) is 5.91 Å². The first kappa shape index (κ1) is 10.7. The fourth-order valence-corrected chi connectivity index (χ4v) is 1.20. The smallest absolute Gasteiger partial charge is 0.216 e. The van der Waals surface area contributed by atoms with Gasteiger partial charge in [-0.05, 0) is 12.5 Å². The van der Waals surface area contributed by atoms with Crippen LogP contribution in [0.25, 0.3) is 0 Å². The Kier molecular flexibility index (Phi) is 3.25. The zero-order valence-electron chi connectivity index (χ0n) is 8.45. The van der Waals surface area contributed by atoms with E-state index in [0.29, 0.717) is 0 Å². The maximum Gasteiger partial charge on any atom is 0.216 e. The van der Waals surface area contributed by atoms with Crippen molar-refractivity contribution in [3.05, 3.63) is 35.9 Å². The molecule has 1 amide bonds. The molecule has 0 aliphatic carbocycles. The van der Waals surface area contributed by atoms with Gasteiger partial charge in [0.1, 0.15) is 5.60 Å². The summed E-state index contributed by atoms with van der Waals surface area (Å²) in [6.07, 6.45) is 0. The molecule has 1 aromatic rings. The second kappa shape index (κ2) is 4.24. The Balaban J connectivity index is 2.70. The highest BCUT2D eigenvalue weighted by molar-refractivity contribution is 5.72. The van der Waals surface area contributed by atoms with E-state index in [1.807, 2.05) is 30.3 Å². The number of rotatable bonds is 3. The second-order valence-corrected chi connectivity index (χ2v) is 3.55. The molecule has 14 heavy (non-hydrogen) atoms. The number of hydrogen-bond donors (Lipinski definition) is 2. The SMILES string of the molecule is CC(=O)NC[C@](C)(O)c1ccccc1. The van der Waals surface area contributed by atoms with E-state index in [4.69, 9.17) is 0 Å². The van der Waals surface area contributed by atoms with E-state index in [9.17, 15) is 9.90 Å². The normalized spacial score (nSPS) is 14.5. The van der Waals surface area contributed by atoms with Crippen LogP contribution >= 0.6 is 0 Å². The minimum atomic E-state index is -1.01. The van der Waals surface area contributed by atoms with Gasteiger partial charge < -0.3 is 10.4 Å². The van der Waals surface area contributed by atoms with Crippen LogP contribution in [-0.2, 0) is 10.4 Å². The van der Waals surface area contributed by atoms with Crippen molar-refractivity contribution in [3.63, 3.8) is 0 Å². The van der Waals surface area contributed by atoms with Gasteiger partial charge in [-0.2, -0.15) is 0 Å². The monoisotopic (exact) mass is 193 g/mol. The van der Waals surface area contributed by atoms with Crippen LogP contribution in [0, 0.1) is 0 Å². The van der Waals surface area contributed by atoms with Crippen molar-refractivity contribution in [2.75, 3.05) is 6.54 Å². The Morgan fingerprint density at radius 3 is 2.50 bits per heavy atom. The Hall–Kier alpha value is -1.35. The average molecular weight is 193 g/mol. The minimum absolute atomic E-state index is 0.138. The summed E-state index contributed by atoms with van der Waals surface area (Å²) in [5.74, 6) is -0.138. The van der Waals surface area contributed by atoms with Gasteiger partial charge in [0.05, 0.1) is 6.54 Å². The van der Waals surface area contributed by atoms with Crippen LogP contribution in [0.5, 0.6) is 0 Å². The van der Waals surface area contributed by atoms with Crippen LogP contribution in [-0.4, -0.2) is 17.6 Å². The van der Waals surface area contributed by atoms with Crippen LogP contribution in [0.2, 0.25) is 0 Å². The molecule has 0 aromatic heterocycles. The molecule has 2 N–H and O–H groups in total. The molecule has 0 saturated carbocycles. The van der Waals surface area contributed by atoms with Crippen LogP contribution < -0.4 is 5.32 Å². The van der Waals surface area contributed by atoms with E-state index in [1.165, 1.54) is 6.92 Å². The highest BCUT2D eigenvalue weighted by Gasteiger charge is 2.22. The van der Waals surface area contributed by atoms with E-state index in [2.05, 4.69) is 5.32 Å². The van der Waals surface area contributed by atoms with Gasteiger partial charge in [0.25, 0.3) is 0 Å². The first-order chi connectivity index (χ1) is 6.52. The largest absolute Gasteiger partial charge is 0.384 e. The molecule has 0 heterocycles. The summed E-state index contributed by atoms with van der Waals surface area (Å²) in [7, 11) is 0. The third-order valence-electron chi connectivity index (χ3n) is 2.08. The van der Waals surface area contributed by atoms with Gasteiger partial charge in [0, 0.05) is 6.92 Å². The molecule has 1 atom stereocenters. The first-order valence-corrected chi connectivity index (χ1v) is 4.55. The summed E-state index contributed by atoms with van der Waals surface area (Å²) in [5.41, 5.74) is -0.207. The maximum atomic E-state index is 10.7. The molecular formula is C11H15NO2. The Morgan fingerprint density at radius 2 is 2.00 bits per heavy atom. The van der Waals surface area contributed by atoms with Crippen molar-refractivity contribution < 1.29 is 9.90 Å². The van der Waals surface area contributed by atoms with Crippen molar-refractivity contribution in [2.24, 2.45) is 0 Å². The standard InChI is InChI=1S/C11H15NO2/c1-9(13)12-8-11(2,14)10-6-4-3-5-7-10/h3-7,14H,8H2,1-2H3,(H,12,13)/t11-/m0/s1. The van der Waals surface area contributed by atoms with Crippen LogP contribution in [0.3, 0.4) is 0 Å². The quantitative estimate of drug-likeness (QED) is 0.753. The summed E-state index contributed by atoms with van der Waals surface area (Å²) < 4.78 is 0. The molecule has 0 aliphatic heterocycles. The van der Waals surface area contributed by atoms with Gasteiger partial charge >= 0.3 is 0 Å². The summed E-state index contributed by atoms with van der Waals surface area (Å²) in [6.45, 7) is 3.34. The summed E-state index contributed by atoms with van der Waals surface area (Å²) >= 11 is 0. The van der Waals surface area contributed by atoms with Crippen molar-refractivity contribution in [1.82, 2.24) is 5.32 Å². The predicted molar refractivity (Wildman–Crippen MR) is 54.7 cm³/mol. The molecular weight excluding hydrogens is 178 g/mol. The Bertz CT molecular complexity index is 306. The van der Waals surface area contributed by atoms with Crippen LogP contribution in [0.1, 0.15) is 19.4 Å². The maximum absolute atomic E-state index is 10.7. The van der Waals surface area contributed by atoms with E-state index in [1.54, 1.807) is 6.92 Å². The van der Waals surface area contributed by atoms with Gasteiger partial charge in [-0.1, -0.05) is 30.3 Å². The fourth-order valence-electron chi connectivity index (χ4n) is 1.20. The molecule has 3 heteroatoms. The zero-order valence-corrected chi connectivity index (χ0v) is 8.45. The van der Waals surface area contributed by atoms with E-state index in [0.717, 1.165) is 5.56 Å². The number of benzene rings is 1. The molecule has 0 saturated heterocycles. The second-order valence-electron chi connectivity index (χ2n) is 3.55. The lowest BCUT2D eigenvalue weighted by Crippen LogP contribution is -2.37. The van der Waals surface area contributed by atoms with E-state index >= 15 is 0 Å². The van der Waals surface area contributed by atoms with Crippen molar-refractivity contribution in [1.29, 1.82) is 0 Å². The van der Waals surface area contributed by atoms with Gasteiger partial charge in [-0.25, -0.2) is 0 Å². The van der Waals surface area contributed by atoms with E-state index in [-0.39, 0.29) is 12.5 Å². The number of hydrogen-bond acceptors (Lipinski definition) is 2. The molecule has 0 bridgehead atoms. The lowest BCUT2D eigenvalue weighted by molar-refractivity contribution is -0.120. The molecule has 76 valence electrons. The number of carbonyl (C=O) groups excluding carboxylic acids is 1. The lowest BCUT2D eigenvalue weighted by atomic mass is 9.96. The molecule has 0 fully saturated rings. The van der Waals surface area contributed by atoms with Crippen molar-refractivity contribution >= 4 is 5.91 Å². The third-order valence-corrected chi connectivity index (χ3v) is 2.08. The van der Waals surface area contributed by atoms with E-state index < -0.39 is 5.60 Å². The molecule has 3 nitrogen and oxygen atoms in total. The van der Waals surface area contributed by atoms with Gasteiger partial charge in [-0.3, -0.25) is 4.79 Å². The topological polar surface area (TPSA) is 49.3 Å². The average Bonchev–Trinajstić information content (AvgIpc) is 2.16. The van der Waals surface area contributed by atoms with Crippen LogP contribution in [0.15, 0.2) is 30.3 Å². The van der Waals surface area contributed by atoms with Crippen molar-refractivity contribution in [2.45, 2.75) is 19.4 Å². The van der Waals surface area contributed by atoms with Crippen molar-refractivity contribution in [3.8, 4) is 0 Å². The highest BCUT2D eigenvalue weighted by atomic mass is 16.3. The molecule has 1 rings (SSSR count). The number of aliphatic hydroxyl groups is 1. The predicted octanol–water partition coefficient (Wildman–Crippen LogP) is 1.03. The third kappa shape index (κ3) is 2.85. The zero-order chi connectivity index (χ0) is 10.6. The Morgan fingerprint density at radius 1 is 1.43 bits per heavy atom. The highest BCUT2D eigenvalue weighted by Crippen LogP contribution is 2.18. The minimum Gasteiger partial charge on any atom is -0.384 e. The fraction of sp³-hybridized carbons (Fsp3) is 0.364. The van der Waals surface area contributed by atoms with Gasteiger partial charge in [0.15, 0.2) is 0 Å². The summed E-state index contributed by atoms with van der Waals surface area (Å²) in [5, 5.41) is 12.6.